The highest BCUT2D eigenvalue weighted by Crippen LogP contribution is 2.65. The van der Waals surface area contributed by atoms with Gasteiger partial charge in [-0.3, -0.25) is 4.79 Å². The van der Waals surface area contributed by atoms with Gasteiger partial charge in [0, 0.05) is 18.5 Å². The molecule has 4 nitrogen and oxygen atoms in total. The average Bonchev–Trinajstić information content (AvgIpc) is 3.24. The Kier molecular flexibility index (Phi) is 3.98. The van der Waals surface area contributed by atoms with Crippen molar-refractivity contribution in [3.05, 3.63) is 35.4 Å². The van der Waals surface area contributed by atoms with E-state index < -0.39 is 10.0 Å². The first-order chi connectivity index (χ1) is 12.2. The first-order valence-electron chi connectivity index (χ1n) is 9.54. The van der Waals surface area contributed by atoms with Crippen molar-refractivity contribution >= 4 is 21.9 Å². The van der Waals surface area contributed by atoms with Crippen LogP contribution < -0.4 is 0 Å². The van der Waals surface area contributed by atoms with Gasteiger partial charge in [-0.05, 0) is 66.4 Å². The summed E-state index contributed by atoms with van der Waals surface area (Å²) < 4.78 is 26.8. The Balaban J connectivity index is 1.63. The van der Waals surface area contributed by atoms with Crippen LogP contribution in [0.5, 0.6) is 0 Å². The summed E-state index contributed by atoms with van der Waals surface area (Å²) in [6, 6.07) is 6.99. The summed E-state index contributed by atoms with van der Waals surface area (Å²) in [7, 11) is -3.38. The first-order valence-corrected chi connectivity index (χ1v) is 11.0. The van der Waals surface area contributed by atoms with E-state index >= 15 is 0 Å². The van der Waals surface area contributed by atoms with Gasteiger partial charge >= 0.3 is 0 Å². The molecule has 5 heteroatoms. The second-order valence-electron chi connectivity index (χ2n) is 8.75. The topological polar surface area (TPSA) is 54.5 Å². The van der Waals surface area contributed by atoms with E-state index in [0.717, 1.165) is 36.8 Å². The molecule has 3 fully saturated rings. The van der Waals surface area contributed by atoms with Gasteiger partial charge in [0.1, 0.15) is 0 Å². The molecule has 2 aliphatic carbocycles. The fraction of sp³-hybridized carbons (Fsp3) is 0.571. The molecular formula is C21H27NO3S. The van der Waals surface area contributed by atoms with E-state index in [0.29, 0.717) is 23.9 Å². The Morgan fingerprint density at radius 1 is 1.08 bits per heavy atom. The third kappa shape index (κ3) is 2.36. The Hall–Kier alpha value is -1.46. The fourth-order valence-corrected chi connectivity index (χ4v) is 6.60. The largest absolute Gasteiger partial charge is 0.294 e. The molecule has 0 radical (unpaired) electrons. The SMILES string of the molecule is CC1(C)[C@@H]2CC[C@@]1(C)C(=O)/C2=C/c1ccc(S(=O)(=O)N2CCCC2)cc1. The zero-order valence-electron chi connectivity index (χ0n) is 15.8. The van der Waals surface area contributed by atoms with Crippen LogP contribution in [0.1, 0.15) is 52.0 Å². The second kappa shape index (κ2) is 5.77. The molecule has 2 atom stereocenters. The van der Waals surface area contributed by atoms with Gasteiger partial charge in [-0.1, -0.05) is 32.9 Å². The van der Waals surface area contributed by atoms with E-state index in [2.05, 4.69) is 20.8 Å². The number of carbonyl (C=O) groups is 1. The van der Waals surface area contributed by atoms with Crippen molar-refractivity contribution in [2.45, 2.75) is 51.3 Å². The van der Waals surface area contributed by atoms with Crippen LogP contribution >= 0.6 is 0 Å². The minimum Gasteiger partial charge on any atom is -0.294 e. The summed E-state index contributed by atoms with van der Waals surface area (Å²) in [6.45, 7) is 7.72. The van der Waals surface area contributed by atoms with Gasteiger partial charge < -0.3 is 0 Å². The van der Waals surface area contributed by atoms with E-state index in [1.54, 1.807) is 16.4 Å². The summed E-state index contributed by atoms with van der Waals surface area (Å²) in [5.74, 6) is 0.570. The number of hydrogen-bond donors (Lipinski definition) is 0. The van der Waals surface area contributed by atoms with Crippen molar-refractivity contribution in [2.24, 2.45) is 16.7 Å². The Labute approximate surface area is 156 Å². The van der Waals surface area contributed by atoms with Crippen LogP contribution in [0.15, 0.2) is 34.7 Å². The molecule has 3 aliphatic rings. The average molecular weight is 374 g/mol. The molecule has 1 aromatic rings. The minimum absolute atomic E-state index is 0.00501. The van der Waals surface area contributed by atoms with Gasteiger partial charge in [-0.25, -0.2) is 8.42 Å². The minimum atomic E-state index is -3.38. The van der Waals surface area contributed by atoms with Crippen LogP contribution in [0, 0.1) is 16.7 Å². The van der Waals surface area contributed by atoms with Gasteiger partial charge in [0.15, 0.2) is 5.78 Å². The van der Waals surface area contributed by atoms with Crippen molar-refractivity contribution in [1.82, 2.24) is 4.31 Å². The maximum absolute atomic E-state index is 12.9. The molecule has 0 amide bonds. The van der Waals surface area contributed by atoms with Crippen molar-refractivity contribution in [3.63, 3.8) is 0 Å². The van der Waals surface area contributed by atoms with Crippen molar-refractivity contribution in [2.75, 3.05) is 13.1 Å². The maximum atomic E-state index is 12.9. The standard InChI is InChI=1S/C21H27NO3S/c1-20(2)18-10-11-21(20,3)19(23)17(18)14-15-6-8-16(9-7-15)26(24,25)22-12-4-5-13-22/h6-9,14,18H,4-5,10-13H2,1-3H3/b17-14+/t18-,21+/m1/s1. The number of Topliss-reactive ketones (excluding diaryl/α,β-unsaturated/α-hetero) is 1. The summed E-state index contributed by atoms with van der Waals surface area (Å²) in [6.07, 6.45) is 5.87. The number of benzene rings is 1. The summed E-state index contributed by atoms with van der Waals surface area (Å²) in [5.41, 5.74) is 1.55. The number of nitrogens with zero attached hydrogens (tertiary/aromatic N) is 1. The van der Waals surface area contributed by atoms with Crippen molar-refractivity contribution in [3.8, 4) is 0 Å². The van der Waals surface area contributed by atoms with Crippen molar-refractivity contribution < 1.29 is 13.2 Å². The van der Waals surface area contributed by atoms with Crippen LogP contribution in [-0.2, 0) is 14.8 Å². The highest BCUT2D eigenvalue weighted by molar-refractivity contribution is 7.89. The monoisotopic (exact) mass is 373 g/mol. The molecule has 0 spiro atoms. The molecule has 0 unspecified atom stereocenters. The zero-order valence-corrected chi connectivity index (χ0v) is 16.6. The smallest absolute Gasteiger partial charge is 0.243 e. The van der Waals surface area contributed by atoms with Crippen molar-refractivity contribution in [1.29, 1.82) is 0 Å². The molecule has 26 heavy (non-hydrogen) atoms. The van der Waals surface area contributed by atoms with E-state index in [-0.39, 0.29) is 16.6 Å². The lowest BCUT2D eigenvalue weighted by Crippen LogP contribution is -2.32. The summed E-state index contributed by atoms with van der Waals surface area (Å²) >= 11 is 0. The molecule has 0 aromatic heterocycles. The molecule has 1 aliphatic heterocycles. The van der Waals surface area contributed by atoms with Crippen LogP contribution in [0.3, 0.4) is 0 Å². The number of hydrogen-bond acceptors (Lipinski definition) is 3. The molecule has 1 heterocycles. The molecule has 4 rings (SSSR count). The third-order valence-electron chi connectivity index (χ3n) is 7.27. The number of carbonyl (C=O) groups excluding carboxylic acids is 1. The van der Waals surface area contributed by atoms with E-state index in [1.807, 2.05) is 18.2 Å². The number of fused-ring (bicyclic) bond motifs is 2. The highest BCUT2D eigenvalue weighted by Gasteiger charge is 2.63. The second-order valence-corrected chi connectivity index (χ2v) is 10.7. The van der Waals surface area contributed by atoms with Crippen LogP contribution in [0.25, 0.3) is 6.08 Å². The molecule has 0 N–H and O–H groups in total. The summed E-state index contributed by atoms with van der Waals surface area (Å²) in [4.78, 5) is 13.3. The lowest BCUT2D eigenvalue weighted by molar-refractivity contribution is -0.125. The van der Waals surface area contributed by atoms with Crippen LogP contribution in [0.2, 0.25) is 0 Å². The molecule has 1 aromatic carbocycles. The molecule has 2 bridgehead atoms. The quantitative estimate of drug-likeness (QED) is 0.756. The maximum Gasteiger partial charge on any atom is 0.243 e. The lowest BCUT2D eigenvalue weighted by atomic mass is 9.70. The van der Waals surface area contributed by atoms with Crippen LogP contribution in [0.4, 0.5) is 0 Å². The fourth-order valence-electron chi connectivity index (χ4n) is 5.09. The zero-order chi connectivity index (χ0) is 18.7. The number of rotatable bonds is 3. The van der Waals surface area contributed by atoms with E-state index in [4.69, 9.17) is 0 Å². The molecule has 140 valence electrons. The van der Waals surface area contributed by atoms with Gasteiger partial charge in [0.05, 0.1) is 4.90 Å². The Bertz CT molecular complexity index is 876. The molecular weight excluding hydrogens is 346 g/mol. The summed E-state index contributed by atoms with van der Waals surface area (Å²) in [5, 5.41) is 0. The lowest BCUT2D eigenvalue weighted by Gasteiger charge is -2.31. The van der Waals surface area contributed by atoms with Gasteiger partial charge in [0.2, 0.25) is 10.0 Å². The number of allylic oxidation sites excluding steroid dienone is 1. The Morgan fingerprint density at radius 2 is 1.69 bits per heavy atom. The predicted octanol–water partition coefficient (Wildman–Crippen LogP) is 3.88. The van der Waals surface area contributed by atoms with E-state index in [1.165, 1.54) is 0 Å². The van der Waals surface area contributed by atoms with E-state index in [9.17, 15) is 13.2 Å². The van der Waals surface area contributed by atoms with Crippen LogP contribution in [-0.4, -0.2) is 31.6 Å². The molecule has 2 saturated carbocycles. The number of ketones is 1. The van der Waals surface area contributed by atoms with Gasteiger partial charge in [-0.2, -0.15) is 4.31 Å². The normalized spacial score (nSPS) is 32.7. The predicted molar refractivity (Wildman–Crippen MR) is 102 cm³/mol. The van der Waals surface area contributed by atoms with Gasteiger partial charge in [0.25, 0.3) is 0 Å². The number of sulfonamides is 1. The molecule has 1 saturated heterocycles. The Morgan fingerprint density at radius 3 is 2.23 bits per heavy atom. The third-order valence-corrected chi connectivity index (χ3v) is 9.18. The first kappa shape index (κ1) is 17.9. The van der Waals surface area contributed by atoms with Gasteiger partial charge in [-0.15, -0.1) is 0 Å². The highest BCUT2D eigenvalue weighted by atomic mass is 32.2.